The average molecular weight is 544 g/mol. The minimum absolute atomic E-state index is 0.118. The predicted octanol–water partition coefficient (Wildman–Crippen LogP) is 2.76. The summed E-state index contributed by atoms with van der Waals surface area (Å²) < 4.78 is 42.6. The van der Waals surface area contributed by atoms with Crippen LogP contribution < -0.4 is 15.8 Å². The van der Waals surface area contributed by atoms with Crippen molar-refractivity contribution >= 4 is 66.8 Å². The number of nitrogens with two attached hydrogens (primary N) is 1. The molecule has 0 fully saturated rings. The van der Waals surface area contributed by atoms with Crippen LogP contribution in [0.1, 0.15) is 15.9 Å². The van der Waals surface area contributed by atoms with Gasteiger partial charge in [-0.1, -0.05) is 28.7 Å². The van der Waals surface area contributed by atoms with E-state index in [0.29, 0.717) is 16.5 Å². The van der Waals surface area contributed by atoms with Gasteiger partial charge in [0.1, 0.15) is 18.0 Å². The van der Waals surface area contributed by atoms with E-state index in [-0.39, 0.29) is 27.2 Å². The molecule has 0 atom stereocenters. The molecule has 0 saturated carbocycles. The molecule has 0 aliphatic rings. The third-order valence-electron chi connectivity index (χ3n) is 4.29. The SMILES string of the molecule is CN(C)S(=O)(=O)Nc1ccc(F)c(NC(=O)c2cccc3c(N)ncnc23)c1CI. The van der Waals surface area contributed by atoms with E-state index in [9.17, 15) is 17.6 Å². The van der Waals surface area contributed by atoms with Crippen molar-refractivity contribution in [2.75, 3.05) is 29.9 Å². The third-order valence-corrected chi connectivity index (χ3v) is 6.50. The van der Waals surface area contributed by atoms with Crippen molar-refractivity contribution in [2.24, 2.45) is 0 Å². The highest BCUT2D eigenvalue weighted by molar-refractivity contribution is 14.1. The highest BCUT2D eigenvalue weighted by Gasteiger charge is 2.21. The first kappa shape index (κ1) is 22.1. The van der Waals surface area contributed by atoms with Gasteiger partial charge in [-0.05, 0) is 24.3 Å². The third kappa shape index (κ3) is 4.29. The molecule has 0 spiro atoms. The number of nitrogen functional groups attached to an aromatic ring is 1. The number of para-hydroxylation sites is 1. The van der Waals surface area contributed by atoms with E-state index < -0.39 is 21.9 Å². The standard InChI is InChI=1S/C18H18FIN6O3S/c1-26(2)30(28,29)25-14-7-6-13(19)16(12(14)8-20)24-18(27)11-5-3-4-10-15(11)22-9-23-17(10)21/h3-7,9,25H,8H2,1-2H3,(H,24,27)(H2,21,22,23). The summed E-state index contributed by atoms with van der Waals surface area (Å²) in [5.41, 5.74) is 6.68. The number of fused-ring (bicyclic) bond motifs is 1. The molecule has 0 bridgehead atoms. The molecule has 158 valence electrons. The smallest absolute Gasteiger partial charge is 0.301 e. The monoisotopic (exact) mass is 544 g/mol. The second-order valence-corrected chi connectivity index (χ2v) is 9.03. The zero-order chi connectivity index (χ0) is 22.1. The fourth-order valence-electron chi connectivity index (χ4n) is 2.69. The first-order chi connectivity index (χ1) is 14.2. The molecule has 4 N–H and O–H groups in total. The summed E-state index contributed by atoms with van der Waals surface area (Å²) in [5.74, 6) is -1.10. The van der Waals surface area contributed by atoms with E-state index in [1.807, 2.05) is 22.6 Å². The number of rotatable bonds is 6. The van der Waals surface area contributed by atoms with Crippen LogP contribution >= 0.6 is 22.6 Å². The molecule has 2 aromatic carbocycles. The summed E-state index contributed by atoms with van der Waals surface area (Å²) in [5, 5.41) is 3.04. The molecule has 1 amide bonds. The summed E-state index contributed by atoms with van der Waals surface area (Å²) in [7, 11) is -1.08. The van der Waals surface area contributed by atoms with Crippen molar-refractivity contribution in [1.29, 1.82) is 0 Å². The molecule has 1 heterocycles. The lowest BCUT2D eigenvalue weighted by Crippen LogP contribution is -2.29. The van der Waals surface area contributed by atoms with E-state index >= 15 is 0 Å². The summed E-state index contributed by atoms with van der Waals surface area (Å²) in [4.78, 5) is 20.9. The van der Waals surface area contributed by atoms with E-state index in [0.717, 1.165) is 10.4 Å². The van der Waals surface area contributed by atoms with Gasteiger partial charge in [0.15, 0.2) is 0 Å². The van der Waals surface area contributed by atoms with Crippen molar-refractivity contribution in [3.63, 3.8) is 0 Å². The Morgan fingerprint density at radius 2 is 1.97 bits per heavy atom. The molecular formula is C18H18FIN6O3S. The number of carbonyl (C=O) groups excluding carboxylic acids is 1. The first-order valence-corrected chi connectivity index (χ1v) is 11.5. The van der Waals surface area contributed by atoms with Crippen LogP contribution in [0.25, 0.3) is 10.9 Å². The average Bonchev–Trinajstić information content (AvgIpc) is 2.70. The molecule has 30 heavy (non-hydrogen) atoms. The van der Waals surface area contributed by atoms with E-state index in [4.69, 9.17) is 5.73 Å². The second kappa shape index (κ2) is 8.65. The van der Waals surface area contributed by atoms with Crippen molar-refractivity contribution in [2.45, 2.75) is 4.43 Å². The zero-order valence-electron chi connectivity index (χ0n) is 16.0. The number of halogens is 2. The number of amides is 1. The Hall–Kier alpha value is -2.58. The van der Waals surface area contributed by atoms with Crippen molar-refractivity contribution in [3.05, 3.63) is 53.6 Å². The number of aromatic nitrogens is 2. The maximum absolute atomic E-state index is 14.6. The van der Waals surface area contributed by atoms with Crippen LogP contribution in [0.15, 0.2) is 36.7 Å². The number of hydrogen-bond acceptors (Lipinski definition) is 6. The molecule has 3 aromatic rings. The number of anilines is 3. The van der Waals surface area contributed by atoms with Gasteiger partial charge < -0.3 is 11.1 Å². The summed E-state index contributed by atoms with van der Waals surface area (Å²) in [6.07, 6.45) is 1.24. The van der Waals surface area contributed by atoms with Crippen molar-refractivity contribution < 1.29 is 17.6 Å². The summed E-state index contributed by atoms with van der Waals surface area (Å²) >= 11 is 1.97. The van der Waals surface area contributed by atoms with Crippen LogP contribution in [0.5, 0.6) is 0 Å². The molecule has 9 nitrogen and oxygen atoms in total. The van der Waals surface area contributed by atoms with Gasteiger partial charge in [-0.15, -0.1) is 0 Å². The van der Waals surface area contributed by atoms with Gasteiger partial charge >= 0.3 is 10.2 Å². The van der Waals surface area contributed by atoms with Crippen LogP contribution in [0.4, 0.5) is 21.6 Å². The topological polar surface area (TPSA) is 130 Å². The quantitative estimate of drug-likeness (QED) is 0.323. The summed E-state index contributed by atoms with van der Waals surface area (Å²) in [6.45, 7) is 0. The zero-order valence-corrected chi connectivity index (χ0v) is 19.0. The molecular weight excluding hydrogens is 526 g/mol. The van der Waals surface area contributed by atoms with Gasteiger partial charge in [0.05, 0.1) is 22.5 Å². The maximum atomic E-state index is 14.6. The molecule has 3 rings (SSSR count). The molecule has 0 unspecified atom stereocenters. The Balaban J connectivity index is 2.04. The number of carbonyl (C=O) groups is 1. The van der Waals surface area contributed by atoms with E-state index in [2.05, 4.69) is 20.0 Å². The van der Waals surface area contributed by atoms with Gasteiger partial charge in [-0.2, -0.15) is 12.7 Å². The van der Waals surface area contributed by atoms with Crippen LogP contribution in [0.3, 0.4) is 0 Å². The number of nitrogens with one attached hydrogen (secondary N) is 2. The van der Waals surface area contributed by atoms with Crippen LogP contribution in [-0.2, 0) is 14.6 Å². The molecule has 0 saturated heterocycles. The van der Waals surface area contributed by atoms with Crippen LogP contribution in [0.2, 0.25) is 0 Å². The van der Waals surface area contributed by atoms with Crippen molar-refractivity contribution in [1.82, 2.24) is 14.3 Å². The van der Waals surface area contributed by atoms with Gasteiger partial charge in [-0.3, -0.25) is 9.52 Å². The summed E-state index contributed by atoms with van der Waals surface area (Å²) in [6, 6.07) is 7.22. The minimum atomic E-state index is -3.81. The number of hydrogen-bond donors (Lipinski definition) is 3. The Morgan fingerprint density at radius 1 is 1.23 bits per heavy atom. The Kier molecular flexibility index (Phi) is 6.38. The fourth-order valence-corrected chi connectivity index (χ4v) is 4.13. The molecule has 0 radical (unpaired) electrons. The van der Waals surface area contributed by atoms with Crippen LogP contribution in [-0.4, -0.2) is 42.7 Å². The second-order valence-electron chi connectivity index (χ2n) is 6.39. The van der Waals surface area contributed by atoms with Gasteiger partial charge in [-0.25, -0.2) is 14.4 Å². The Morgan fingerprint density at radius 3 is 2.63 bits per heavy atom. The molecule has 0 aliphatic carbocycles. The Bertz CT molecular complexity index is 1240. The number of benzene rings is 2. The van der Waals surface area contributed by atoms with Crippen LogP contribution in [0, 0.1) is 5.82 Å². The van der Waals surface area contributed by atoms with E-state index in [1.165, 1.54) is 32.6 Å². The lowest BCUT2D eigenvalue weighted by molar-refractivity contribution is 0.102. The van der Waals surface area contributed by atoms with Gasteiger partial charge in [0.25, 0.3) is 5.91 Å². The molecule has 1 aromatic heterocycles. The highest BCUT2D eigenvalue weighted by Crippen LogP contribution is 2.32. The number of alkyl halides is 1. The maximum Gasteiger partial charge on any atom is 0.301 e. The lowest BCUT2D eigenvalue weighted by atomic mass is 10.1. The van der Waals surface area contributed by atoms with Crippen molar-refractivity contribution in [3.8, 4) is 0 Å². The minimum Gasteiger partial charge on any atom is -0.383 e. The first-order valence-electron chi connectivity index (χ1n) is 8.54. The number of nitrogens with zero attached hydrogens (tertiary/aromatic N) is 3. The Labute approximate surface area is 186 Å². The largest absolute Gasteiger partial charge is 0.383 e. The lowest BCUT2D eigenvalue weighted by Gasteiger charge is -2.19. The molecule has 0 aliphatic heterocycles. The van der Waals surface area contributed by atoms with Gasteiger partial charge in [0, 0.05) is 29.5 Å². The fraction of sp³-hybridized carbons (Fsp3) is 0.167. The predicted molar refractivity (Wildman–Crippen MR) is 122 cm³/mol. The van der Waals surface area contributed by atoms with E-state index in [1.54, 1.807) is 12.1 Å². The molecule has 12 heteroatoms. The highest BCUT2D eigenvalue weighted by atomic mass is 127. The normalized spacial score (nSPS) is 11.6. The van der Waals surface area contributed by atoms with Gasteiger partial charge in [0.2, 0.25) is 0 Å².